The Labute approximate surface area is 94.6 Å². The van der Waals surface area contributed by atoms with Gasteiger partial charge in [0, 0.05) is 5.56 Å². The van der Waals surface area contributed by atoms with Crippen LogP contribution in [0, 0.1) is 0 Å². The van der Waals surface area contributed by atoms with Gasteiger partial charge in [0.15, 0.2) is 11.5 Å². The SMILES string of the molecule is CO/N=C\c1cc(OC)c(OC)c(OC)c1. The van der Waals surface area contributed by atoms with Crippen LogP contribution in [0.25, 0.3) is 0 Å². The minimum Gasteiger partial charge on any atom is -0.493 e. The Morgan fingerprint density at radius 3 is 1.88 bits per heavy atom. The lowest BCUT2D eigenvalue weighted by atomic mass is 10.2. The highest BCUT2D eigenvalue weighted by Gasteiger charge is 2.12. The predicted octanol–water partition coefficient (Wildman–Crippen LogP) is 1.69. The van der Waals surface area contributed by atoms with Crippen molar-refractivity contribution in [2.24, 2.45) is 5.16 Å². The first-order valence-electron chi connectivity index (χ1n) is 4.63. The van der Waals surface area contributed by atoms with E-state index in [9.17, 15) is 0 Å². The average Bonchev–Trinajstić information content (AvgIpc) is 2.34. The van der Waals surface area contributed by atoms with Gasteiger partial charge in [-0.05, 0) is 12.1 Å². The van der Waals surface area contributed by atoms with Gasteiger partial charge in [-0.1, -0.05) is 5.16 Å². The lowest BCUT2D eigenvalue weighted by Gasteiger charge is -2.12. The molecule has 0 saturated carbocycles. The van der Waals surface area contributed by atoms with Gasteiger partial charge < -0.3 is 19.0 Å². The molecule has 0 saturated heterocycles. The van der Waals surface area contributed by atoms with Crippen molar-refractivity contribution in [1.29, 1.82) is 0 Å². The molecule has 0 radical (unpaired) electrons. The third-order valence-corrected chi connectivity index (χ3v) is 1.99. The third kappa shape index (κ3) is 2.56. The van der Waals surface area contributed by atoms with E-state index in [1.807, 2.05) is 0 Å². The van der Waals surface area contributed by atoms with Crippen LogP contribution in [0.4, 0.5) is 0 Å². The van der Waals surface area contributed by atoms with E-state index >= 15 is 0 Å². The molecular formula is C11H15NO4. The second-order valence-electron chi connectivity index (χ2n) is 2.88. The van der Waals surface area contributed by atoms with E-state index in [2.05, 4.69) is 9.99 Å². The maximum absolute atomic E-state index is 5.19. The normalized spacial score (nSPS) is 10.2. The zero-order valence-corrected chi connectivity index (χ0v) is 9.81. The van der Waals surface area contributed by atoms with Crippen molar-refractivity contribution in [3.63, 3.8) is 0 Å². The third-order valence-electron chi connectivity index (χ3n) is 1.99. The van der Waals surface area contributed by atoms with Gasteiger partial charge in [0.25, 0.3) is 0 Å². The van der Waals surface area contributed by atoms with Gasteiger partial charge in [0.1, 0.15) is 7.11 Å². The Morgan fingerprint density at radius 2 is 1.50 bits per heavy atom. The van der Waals surface area contributed by atoms with E-state index in [1.165, 1.54) is 7.11 Å². The molecule has 0 spiro atoms. The number of methoxy groups -OCH3 is 3. The minimum atomic E-state index is 0.555. The van der Waals surface area contributed by atoms with Crippen LogP contribution in [0.2, 0.25) is 0 Å². The molecule has 1 aromatic carbocycles. The molecule has 0 N–H and O–H groups in total. The Bertz CT molecular complexity index is 351. The van der Waals surface area contributed by atoms with Crippen molar-refractivity contribution in [2.75, 3.05) is 28.4 Å². The summed E-state index contributed by atoms with van der Waals surface area (Å²) in [5, 5.41) is 3.67. The van der Waals surface area contributed by atoms with Crippen molar-refractivity contribution in [3.05, 3.63) is 17.7 Å². The number of oxime groups is 1. The van der Waals surface area contributed by atoms with E-state index in [0.717, 1.165) is 5.56 Å². The van der Waals surface area contributed by atoms with Gasteiger partial charge in [-0.25, -0.2) is 0 Å². The molecule has 0 aliphatic rings. The summed E-state index contributed by atoms with van der Waals surface area (Å²) in [4.78, 5) is 4.61. The highest BCUT2D eigenvalue weighted by atomic mass is 16.6. The Morgan fingerprint density at radius 1 is 0.938 bits per heavy atom. The second-order valence-corrected chi connectivity index (χ2v) is 2.88. The molecule has 0 heterocycles. The molecule has 1 rings (SSSR count). The number of hydrogen-bond acceptors (Lipinski definition) is 5. The fraction of sp³-hybridized carbons (Fsp3) is 0.364. The molecule has 5 heteroatoms. The number of ether oxygens (including phenoxy) is 3. The Hall–Kier alpha value is -1.91. The molecule has 0 atom stereocenters. The molecule has 0 unspecified atom stereocenters. The summed E-state index contributed by atoms with van der Waals surface area (Å²) >= 11 is 0. The molecule has 0 amide bonds. The average molecular weight is 225 g/mol. The molecule has 16 heavy (non-hydrogen) atoms. The number of hydrogen-bond donors (Lipinski definition) is 0. The largest absolute Gasteiger partial charge is 0.493 e. The maximum atomic E-state index is 5.19. The van der Waals surface area contributed by atoms with Gasteiger partial charge in [0.2, 0.25) is 5.75 Å². The zero-order valence-electron chi connectivity index (χ0n) is 9.81. The summed E-state index contributed by atoms with van der Waals surface area (Å²) in [7, 11) is 6.17. The van der Waals surface area contributed by atoms with Crippen LogP contribution in [0.3, 0.4) is 0 Å². The Kier molecular flexibility index (Phi) is 4.44. The fourth-order valence-electron chi connectivity index (χ4n) is 1.29. The molecule has 1 aromatic rings. The standard InChI is InChI=1S/C11H15NO4/c1-13-9-5-8(7-12-16-4)6-10(14-2)11(9)15-3/h5-7H,1-4H3/b12-7-. The molecule has 0 aromatic heterocycles. The van der Waals surface area contributed by atoms with Crippen LogP contribution in [-0.2, 0) is 4.84 Å². The minimum absolute atomic E-state index is 0.555. The van der Waals surface area contributed by atoms with Gasteiger partial charge in [-0.15, -0.1) is 0 Å². The summed E-state index contributed by atoms with van der Waals surface area (Å²) in [6.07, 6.45) is 1.56. The van der Waals surface area contributed by atoms with Crippen LogP contribution in [0.1, 0.15) is 5.56 Å². The lowest BCUT2D eigenvalue weighted by Crippen LogP contribution is -1.96. The van der Waals surface area contributed by atoms with E-state index in [0.29, 0.717) is 17.2 Å². The summed E-state index contributed by atoms with van der Waals surface area (Å²) in [5.41, 5.74) is 0.802. The fourth-order valence-corrected chi connectivity index (χ4v) is 1.29. The highest BCUT2D eigenvalue weighted by molar-refractivity contribution is 5.82. The first-order chi connectivity index (χ1) is 7.76. The molecule has 0 fully saturated rings. The molecule has 0 aliphatic carbocycles. The van der Waals surface area contributed by atoms with E-state index < -0.39 is 0 Å². The van der Waals surface area contributed by atoms with Crippen molar-refractivity contribution < 1.29 is 19.0 Å². The van der Waals surface area contributed by atoms with Gasteiger partial charge in [-0.3, -0.25) is 0 Å². The first kappa shape index (κ1) is 12.2. The smallest absolute Gasteiger partial charge is 0.203 e. The van der Waals surface area contributed by atoms with Crippen LogP contribution >= 0.6 is 0 Å². The van der Waals surface area contributed by atoms with Crippen LogP contribution in [0.15, 0.2) is 17.3 Å². The van der Waals surface area contributed by atoms with Gasteiger partial charge in [0.05, 0.1) is 27.5 Å². The first-order valence-corrected chi connectivity index (χ1v) is 4.63. The van der Waals surface area contributed by atoms with Crippen LogP contribution in [0.5, 0.6) is 17.2 Å². The number of benzene rings is 1. The van der Waals surface area contributed by atoms with Crippen molar-refractivity contribution >= 4 is 6.21 Å². The van der Waals surface area contributed by atoms with E-state index in [1.54, 1.807) is 39.7 Å². The zero-order chi connectivity index (χ0) is 12.0. The summed E-state index contributed by atoms with van der Waals surface area (Å²) in [6.45, 7) is 0. The van der Waals surface area contributed by atoms with E-state index in [4.69, 9.17) is 14.2 Å². The molecule has 5 nitrogen and oxygen atoms in total. The maximum Gasteiger partial charge on any atom is 0.203 e. The predicted molar refractivity (Wildman–Crippen MR) is 60.7 cm³/mol. The summed E-state index contributed by atoms with van der Waals surface area (Å²) in [6, 6.07) is 3.56. The number of rotatable bonds is 5. The van der Waals surface area contributed by atoms with Crippen molar-refractivity contribution in [2.45, 2.75) is 0 Å². The monoisotopic (exact) mass is 225 g/mol. The number of nitrogens with zero attached hydrogens (tertiary/aromatic N) is 1. The van der Waals surface area contributed by atoms with Crippen LogP contribution in [-0.4, -0.2) is 34.7 Å². The summed E-state index contributed by atoms with van der Waals surface area (Å²) < 4.78 is 15.6. The Balaban J connectivity index is 3.20. The topological polar surface area (TPSA) is 49.3 Å². The van der Waals surface area contributed by atoms with Gasteiger partial charge in [-0.2, -0.15) is 0 Å². The van der Waals surface area contributed by atoms with Crippen LogP contribution < -0.4 is 14.2 Å². The second kappa shape index (κ2) is 5.85. The van der Waals surface area contributed by atoms with E-state index in [-0.39, 0.29) is 0 Å². The molecule has 88 valence electrons. The van der Waals surface area contributed by atoms with Crippen molar-refractivity contribution in [3.8, 4) is 17.2 Å². The highest BCUT2D eigenvalue weighted by Crippen LogP contribution is 2.37. The lowest BCUT2D eigenvalue weighted by molar-refractivity contribution is 0.215. The van der Waals surface area contributed by atoms with Gasteiger partial charge >= 0.3 is 0 Å². The quantitative estimate of drug-likeness (QED) is 0.565. The molecule has 0 bridgehead atoms. The molecule has 0 aliphatic heterocycles. The summed E-state index contributed by atoms with van der Waals surface area (Å²) in [5.74, 6) is 1.72. The molecular weight excluding hydrogens is 210 g/mol. The van der Waals surface area contributed by atoms with Crippen molar-refractivity contribution in [1.82, 2.24) is 0 Å².